The molecule has 0 aliphatic heterocycles. The van der Waals surface area contributed by atoms with Crippen LogP contribution in [0.2, 0.25) is 0 Å². The molecule has 16 heavy (non-hydrogen) atoms. The van der Waals surface area contributed by atoms with Crippen molar-refractivity contribution >= 4 is 17.8 Å². The Labute approximate surface area is 93.0 Å². The highest BCUT2D eigenvalue weighted by Crippen LogP contribution is 2.24. The van der Waals surface area contributed by atoms with Crippen molar-refractivity contribution in [2.75, 3.05) is 7.11 Å². The van der Waals surface area contributed by atoms with Crippen LogP contribution in [0, 0.1) is 5.92 Å². The Hall–Kier alpha value is -1.59. The molecule has 1 aliphatic carbocycles. The molecule has 0 aromatic heterocycles. The van der Waals surface area contributed by atoms with Gasteiger partial charge >= 0.3 is 12.1 Å². The molecular formula is C10H15NO5. The lowest BCUT2D eigenvalue weighted by molar-refractivity contribution is -0.141. The molecule has 1 fully saturated rings. The Morgan fingerprint density at radius 3 is 2.44 bits per heavy atom. The lowest BCUT2D eigenvalue weighted by atomic mass is 9.83. The average molecular weight is 229 g/mol. The van der Waals surface area contributed by atoms with E-state index in [9.17, 15) is 14.4 Å². The highest BCUT2D eigenvalue weighted by atomic mass is 16.5. The molecule has 1 saturated carbocycles. The van der Waals surface area contributed by atoms with Gasteiger partial charge in [-0.15, -0.1) is 0 Å². The molecule has 2 N–H and O–H groups in total. The van der Waals surface area contributed by atoms with Crippen molar-refractivity contribution in [2.24, 2.45) is 5.92 Å². The molecule has 0 heterocycles. The molecule has 0 aromatic rings. The average Bonchev–Trinajstić information content (AvgIpc) is 2.26. The molecule has 1 atom stereocenters. The number of carboxylic acid groups (broad SMARTS) is 1. The number of aliphatic carboxylic acids is 1. The summed E-state index contributed by atoms with van der Waals surface area (Å²) < 4.78 is 4.36. The van der Waals surface area contributed by atoms with Gasteiger partial charge in [-0.1, -0.05) is 0 Å². The quantitative estimate of drug-likeness (QED) is 0.737. The summed E-state index contributed by atoms with van der Waals surface area (Å²) in [6, 6.07) is -0.972. The van der Waals surface area contributed by atoms with Crippen LogP contribution < -0.4 is 5.32 Å². The fraction of sp³-hybridized carbons (Fsp3) is 0.700. The number of rotatable bonds is 3. The summed E-state index contributed by atoms with van der Waals surface area (Å²) >= 11 is 0. The smallest absolute Gasteiger partial charge is 0.407 e. The molecule has 0 aromatic carbocycles. The number of amides is 1. The van der Waals surface area contributed by atoms with Crippen molar-refractivity contribution in [1.82, 2.24) is 5.32 Å². The fourth-order valence-electron chi connectivity index (χ4n) is 1.86. The molecular weight excluding hydrogens is 214 g/mol. The minimum absolute atomic E-state index is 0.151. The van der Waals surface area contributed by atoms with E-state index in [0.29, 0.717) is 25.7 Å². The molecule has 90 valence electrons. The Morgan fingerprint density at radius 1 is 1.44 bits per heavy atom. The van der Waals surface area contributed by atoms with Gasteiger partial charge in [0.1, 0.15) is 11.8 Å². The predicted molar refractivity (Wildman–Crippen MR) is 53.9 cm³/mol. The van der Waals surface area contributed by atoms with Gasteiger partial charge in [0.2, 0.25) is 0 Å². The second-order valence-corrected chi connectivity index (χ2v) is 3.83. The fourth-order valence-corrected chi connectivity index (χ4v) is 1.86. The van der Waals surface area contributed by atoms with Crippen LogP contribution in [0.1, 0.15) is 25.7 Å². The molecule has 1 aliphatic rings. The maximum Gasteiger partial charge on any atom is 0.407 e. The standard InChI is InChI=1S/C10H15NO5/c1-16-10(15)11-8(9(13)14)6-2-4-7(12)5-3-6/h6,8H,2-5H2,1H3,(H,11,15)(H,13,14)/t8-/m0/s1. The van der Waals surface area contributed by atoms with Crippen LogP contribution in [0.3, 0.4) is 0 Å². The zero-order valence-electron chi connectivity index (χ0n) is 9.06. The topological polar surface area (TPSA) is 92.7 Å². The summed E-state index contributed by atoms with van der Waals surface area (Å²) in [7, 11) is 1.18. The molecule has 0 spiro atoms. The minimum Gasteiger partial charge on any atom is -0.480 e. The number of alkyl carbamates (subject to hydrolysis) is 1. The van der Waals surface area contributed by atoms with Gasteiger partial charge in [-0.3, -0.25) is 4.79 Å². The Morgan fingerprint density at radius 2 is 2.00 bits per heavy atom. The van der Waals surface area contributed by atoms with E-state index in [4.69, 9.17) is 5.11 Å². The Kier molecular flexibility index (Phi) is 4.28. The van der Waals surface area contributed by atoms with Gasteiger partial charge < -0.3 is 15.2 Å². The van der Waals surface area contributed by atoms with Crippen molar-refractivity contribution in [3.05, 3.63) is 0 Å². The number of hydrogen-bond donors (Lipinski definition) is 2. The normalized spacial score (nSPS) is 18.9. The first kappa shape index (κ1) is 12.5. The second kappa shape index (κ2) is 5.48. The molecule has 0 radical (unpaired) electrons. The Balaban J connectivity index is 2.59. The van der Waals surface area contributed by atoms with E-state index in [1.165, 1.54) is 7.11 Å². The summed E-state index contributed by atoms with van der Waals surface area (Å²) in [5.41, 5.74) is 0. The van der Waals surface area contributed by atoms with Gasteiger partial charge in [0.15, 0.2) is 0 Å². The van der Waals surface area contributed by atoms with Crippen molar-refractivity contribution in [3.63, 3.8) is 0 Å². The van der Waals surface area contributed by atoms with Gasteiger partial charge in [0, 0.05) is 12.8 Å². The first-order valence-corrected chi connectivity index (χ1v) is 5.13. The van der Waals surface area contributed by atoms with Crippen LogP contribution >= 0.6 is 0 Å². The number of carbonyl (C=O) groups is 3. The highest BCUT2D eigenvalue weighted by Gasteiger charge is 2.32. The minimum atomic E-state index is -1.09. The lowest BCUT2D eigenvalue weighted by Crippen LogP contribution is -2.47. The van der Waals surface area contributed by atoms with Gasteiger partial charge in [0.25, 0.3) is 0 Å². The zero-order valence-corrected chi connectivity index (χ0v) is 9.06. The number of ether oxygens (including phenoxy) is 1. The number of carbonyl (C=O) groups excluding carboxylic acids is 2. The number of carboxylic acids is 1. The van der Waals surface area contributed by atoms with Crippen molar-refractivity contribution < 1.29 is 24.2 Å². The lowest BCUT2D eigenvalue weighted by Gasteiger charge is -2.26. The number of methoxy groups -OCH3 is 1. The van der Waals surface area contributed by atoms with Crippen LogP contribution in [0.25, 0.3) is 0 Å². The molecule has 1 amide bonds. The van der Waals surface area contributed by atoms with Crippen LogP contribution in [-0.2, 0) is 14.3 Å². The molecule has 6 heteroatoms. The van der Waals surface area contributed by atoms with E-state index in [2.05, 4.69) is 10.1 Å². The van der Waals surface area contributed by atoms with Crippen LogP contribution in [-0.4, -0.2) is 36.1 Å². The SMILES string of the molecule is COC(=O)N[C@H](C(=O)O)C1CCC(=O)CC1. The summed E-state index contributed by atoms with van der Waals surface area (Å²) in [5, 5.41) is 11.3. The van der Waals surface area contributed by atoms with E-state index in [1.54, 1.807) is 0 Å². The van der Waals surface area contributed by atoms with E-state index in [0.717, 1.165) is 0 Å². The predicted octanol–water partition coefficient (Wildman–Crippen LogP) is 0.555. The van der Waals surface area contributed by atoms with Gasteiger partial charge in [-0.25, -0.2) is 9.59 Å². The number of Topliss-reactive ketones (excluding diaryl/α,β-unsaturated/α-hetero) is 1. The van der Waals surface area contributed by atoms with E-state index in [1.807, 2.05) is 0 Å². The third-order valence-corrected chi connectivity index (χ3v) is 2.78. The maximum absolute atomic E-state index is 11.0. The zero-order chi connectivity index (χ0) is 12.1. The summed E-state index contributed by atoms with van der Waals surface area (Å²) in [6.07, 6.45) is 1.01. The third kappa shape index (κ3) is 3.22. The molecule has 1 rings (SSSR count). The van der Waals surface area contributed by atoms with Crippen molar-refractivity contribution in [1.29, 1.82) is 0 Å². The summed E-state index contributed by atoms with van der Waals surface area (Å²) in [4.78, 5) is 33.0. The highest BCUT2D eigenvalue weighted by molar-refractivity contribution is 5.82. The van der Waals surface area contributed by atoms with Gasteiger partial charge in [0.05, 0.1) is 7.11 Å². The van der Waals surface area contributed by atoms with Crippen LogP contribution in [0.15, 0.2) is 0 Å². The molecule has 6 nitrogen and oxygen atoms in total. The number of nitrogens with one attached hydrogen (secondary N) is 1. The van der Waals surface area contributed by atoms with Crippen molar-refractivity contribution in [2.45, 2.75) is 31.7 Å². The van der Waals surface area contributed by atoms with E-state index >= 15 is 0 Å². The van der Waals surface area contributed by atoms with Crippen molar-refractivity contribution in [3.8, 4) is 0 Å². The van der Waals surface area contributed by atoms with E-state index < -0.39 is 18.1 Å². The largest absolute Gasteiger partial charge is 0.480 e. The number of ketones is 1. The third-order valence-electron chi connectivity index (χ3n) is 2.78. The van der Waals surface area contributed by atoms with Crippen LogP contribution in [0.5, 0.6) is 0 Å². The summed E-state index contributed by atoms with van der Waals surface area (Å²) in [6.45, 7) is 0. The monoisotopic (exact) mass is 229 g/mol. The van der Waals surface area contributed by atoms with E-state index in [-0.39, 0.29) is 11.7 Å². The number of hydrogen-bond acceptors (Lipinski definition) is 4. The van der Waals surface area contributed by atoms with Gasteiger partial charge in [-0.05, 0) is 18.8 Å². The summed E-state index contributed by atoms with van der Waals surface area (Å²) in [5.74, 6) is -1.14. The van der Waals surface area contributed by atoms with Gasteiger partial charge in [-0.2, -0.15) is 0 Å². The van der Waals surface area contributed by atoms with Crippen LogP contribution in [0.4, 0.5) is 4.79 Å². The molecule has 0 bridgehead atoms. The second-order valence-electron chi connectivity index (χ2n) is 3.83. The molecule has 0 saturated heterocycles. The first-order valence-electron chi connectivity index (χ1n) is 5.13. The maximum atomic E-state index is 11.0. The molecule has 0 unspecified atom stereocenters. The first-order chi connectivity index (χ1) is 7.54. The Bertz CT molecular complexity index is 292.